The van der Waals surface area contributed by atoms with Gasteiger partial charge in [-0.2, -0.15) is 35.5 Å². The lowest BCUT2D eigenvalue weighted by molar-refractivity contribution is -0.427. The monoisotopic (exact) mass is 690 g/mol. The van der Waals surface area contributed by atoms with Crippen molar-refractivity contribution in [3.63, 3.8) is 0 Å². The van der Waals surface area contributed by atoms with Gasteiger partial charge in [-0.05, 0) is 65.7 Å². The van der Waals surface area contributed by atoms with Crippen molar-refractivity contribution >= 4 is 70.9 Å². The fraction of sp³-hybridized carbons (Fsp3) is 0. The zero-order valence-corrected chi connectivity index (χ0v) is 25.2. The second-order valence-electron chi connectivity index (χ2n) is 9.11. The molecule has 4 N–H and O–H groups in total. The maximum Gasteiger partial charge on any atom is 0.295 e. The normalized spacial score (nSPS) is 12.4. The van der Waals surface area contributed by atoms with Crippen LogP contribution in [0.5, 0.6) is 0 Å². The number of hydrazine groups is 1. The van der Waals surface area contributed by atoms with E-state index < -0.39 is 50.8 Å². The third-order valence-electron chi connectivity index (χ3n) is 5.95. The van der Waals surface area contributed by atoms with Crippen molar-refractivity contribution in [2.45, 2.75) is 14.7 Å². The van der Waals surface area contributed by atoms with E-state index in [4.69, 9.17) is 4.55 Å². The summed E-state index contributed by atoms with van der Waals surface area (Å²) in [7, 11) is -14.2. The number of hydrogen-bond donors (Lipinski definition) is 4. The molecule has 0 heterocycles. The Kier molecular flexibility index (Phi) is 9.51. The lowest BCUT2D eigenvalue weighted by Gasteiger charge is -2.07. The average molecular weight is 691 g/mol. The van der Waals surface area contributed by atoms with E-state index in [2.05, 4.69) is 15.7 Å². The van der Waals surface area contributed by atoms with Gasteiger partial charge in [-0.3, -0.25) is 23.8 Å². The number of nitrogens with one attached hydrogen (secondary N) is 1. The van der Waals surface area contributed by atoms with E-state index in [0.29, 0.717) is 11.8 Å². The highest BCUT2D eigenvalue weighted by Gasteiger charge is 2.21. The van der Waals surface area contributed by atoms with E-state index in [1.807, 2.05) is 0 Å². The first kappa shape index (κ1) is 33.6. The SMILES string of the molecule is O=[N+]([O-])c1ccc(/C=C/c2ccc(N[N+](=O)c3ccc(N=Nc4ccc(S(=O)(=O)O)cc4)cc3)cc2S(=O)(=O)O)c(S(=O)(=O)O)c1. The average Bonchev–Trinajstić information content (AvgIpc) is 2.98. The Morgan fingerprint density at radius 3 is 1.54 bits per heavy atom. The molecule has 0 spiro atoms. The van der Waals surface area contributed by atoms with Crippen molar-refractivity contribution in [3.8, 4) is 0 Å². The molecule has 0 saturated carbocycles. The summed E-state index contributed by atoms with van der Waals surface area (Å²) in [6.07, 6.45) is 2.13. The van der Waals surface area contributed by atoms with Crippen molar-refractivity contribution in [2.75, 3.05) is 5.43 Å². The lowest BCUT2D eigenvalue weighted by atomic mass is 10.1. The van der Waals surface area contributed by atoms with E-state index in [9.17, 15) is 49.4 Å². The second-order valence-corrected chi connectivity index (χ2v) is 13.3. The molecule has 0 bridgehead atoms. The molecule has 0 fully saturated rings. The standard InChI is InChI=1S/C26H19N5O12S3/c32-30(22-11-6-19(7-12-22)27-28-20-8-13-24(14-9-20)44(35,36)37)29-21-5-3-17(25(15-21)45(38,39)40)1-2-18-4-10-23(31(33)34)16-26(18)46(41,42)43/h1-16H,(H3-,29,32,35,36,37,38,39,40,41,42,43)/p+1/b2-1+,28-27?. The number of nitrogens with zero attached hydrogens (tertiary/aromatic N) is 4. The maximum absolute atomic E-state index is 12.7. The topological polar surface area (TPSA) is 263 Å². The number of non-ortho nitro benzene ring substituents is 1. The maximum atomic E-state index is 12.7. The van der Waals surface area contributed by atoms with E-state index >= 15 is 0 Å². The van der Waals surface area contributed by atoms with Gasteiger partial charge in [-0.25, -0.2) is 0 Å². The van der Waals surface area contributed by atoms with Gasteiger partial charge in [0.1, 0.15) is 15.5 Å². The van der Waals surface area contributed by atoms with Crippen LogP contribution in [0.2, 0.25) is 0 Å². The third kappa shape index (κ3) is 8.47. The molecule has 0 saturated heterocycles. The Morgan fingerprint density at radius 1 is 0.609 bits per heavy atom. The molecule has 17 nitrogen and oxygen atoms in total. The number of nitro groups is 1. The predicted octanol–water partition coefficient (Wildman–Crippen LogP) is 5.36. The van der Waals surface area contributed by atoms with Crippen LogP contribution in [0.3, 0.4) is 0 Å². The summed E-state index contributed by atoms with van der Waals surface area (Å²) >= 11 is 0. The number of nitro benzene ring substituents is 1. The van der Waals surface area contributed by atoms with Gasteiger partial charge in [-0.15, -0.1) is 5.43 Å². The number of hydrogen-bond acceptors (Lipinski definition) is 11. The van der Waals surface area contributed by atoms with E-state index in [1.54, 1.807) is 0 Å². The van der Waals surface area contributed by atoms with Gasteiger partial charge in [0, 0.05) is 24.3 Å². The van der Waals surface area contributed by atoms with Gasteiger partial charge < -0.3 is 0 Å². The van der Waals surface area contributed by atoms with Crippen molar-refractivity contribution < 1.29 is 48.7 Å². The molecular weight excluding hydrogens is 671 g/mol. The van der Waals surface area contributed by atoms with Crippen LogP contribution in [-0.4, -0.2) is 48.7 Å². The van der Waals surface area contributed by atoms with Crippen molar-refractivity contribution in [1.29, 1.82) is 0 Å². The molecule has 0 aliphatic rings. The summed E-state index contributed by atoms with van der Waals surface area (Å²) in [6.45, 7) is 0. The highest BCUT2D eigenvalue weighted by atomic mass is 32.2. The van der Waals surface area contributed by atoms with Crippen LogP contribution in [0.4, 0.5) is 28.4 Å². The first-order chi connectivity index (χ1) is 21.4. The van der Waals surface area contributed by atoms with E-state index in [0.717, 1.165) is 42.5 Å². The molecule has 20 heteroatoms. The molecule has 0 unspecified atom stereocenters. The van der Waals surface area contributed by atoms with Gasteiger partial charge in [0.25, 0.3) is 41.7 Å². The minimum absolute atomic E-state index is 0.0461. The third-order valence-corrected chi connectivity index (χ3v) is 8.64. The highest BCUT2D eigenvalue weighted by molar-refractivity contribution is 7.86. The number of anilines is 1. The van der Waals surface area contributed by atoms with Crippen molar-refractivity contribution in [1.82, 2.24) is 0 Å². The zero-order chi connectivity index (χ0) is 33.9. The summed E-state index contributed by atoms with van der Waals surface area (Å²) in [5.41, 5.74) is 1.95. The van der Waals surface area contributed by atoms with E-state index in [-0.39, 0.29) is 38.0 Å². The van der Waals surface area contributed by atoms with Crippen LogP contribution in [0, 0.1) is 15.0 Å². The molecule has 46 heavy (non-hydrogen) atoms. The molecule has 0 aliphatic heterocycles. The Labute approximate surface area is 260 Å². The first-order valence-corrected chi connectivity index (χ1v) is 16.6. The second kappa shape index (κ2) is 13.0. The van der Waals surface area contributed by atoms with Gasteiger partial charge in [0.05, 0.1) is 26.1 Å². The molecule has 4 aromatic rings. The summed E-state index contributed by atoms with van der Waals surface area (Å²) in [5, 5.41) is 18.9. The molecular formula is C26H20N5O12S3+. The Balaban J connectivity index is 1.53. The molecule has 0 atom stereocenters. The zero-order valence-electron chi connectivity index (χ0n) is 22.8. The van der Waals surface area contributed by atoms with Crippen molar-refractivity contribution in [2.24, 2.45) is 10.2 Å². The fourth-order valence-electron chi connectivity index (χ4n) is 3.78. The van der Waals surface area contributed by atoms with Crippen LogP contribution in [0.1, 0.15) is 11.1 Å². The summed E-state index contributed by atoms with van der Waals surface area (Å²) in [4.78, 5) is 21.3. The molecule has 0 radical (unpaired) electrons. The first-order valence-electron chi connectivity index (χ1n) is 12.3. The number of azo groups is 1. The minimum Gasteiger partial charge on any atom is -0.282 e. The Morgan fingerprint density at radius 2 is 1.07 bits per heavy atom. The molecule has 238 valence electrons. The minimum atomic E-state index is -4.91. The largest absolute Gasteiger partial charge is 0.295 e. The lowest BCUT2D eigenvalue weighted by Crippen LogP contribution is -2.11. The molecule has 0 aromatic heterocycles. The summed E-state index contributed by atoms with van der Waals surface area (Å²) < 4.78 is 98.3. The van der Waals surface area contributed by atoms with Gasteiger partial charge >= 0.3 is 0 Å². The number of nitroso groups, excluding NO2 is 1. The Bertz CT molecular complexity index is 2240. The predicted molar refractivity (Wildman–Crippen MR) is 162 cm³/mol. The summed E-state index contributed by atoms with van der Waals surface area (Å²) in [5.74, 6) is 0. The van der Waals surface area contributed by atoms with Crippen LogP contribution >= 0.6 is 0 Å². The van der Waals surface area contributed by atoms with Gasteiger partial charge in [-0.1, -0.05) is 18.2 Å². The molecule has 0 amide bonds. The highest BCUT2D eigenvalue weighted by Crippen LogP contribution is 2.28. The van der Waals surface area contributed by atoms with Crippen LogP contribution in [-0.2, 0) is 30.4 Å². The van der Waals surface area contributed by atoms with Crippen LogP contribution in [0.15, 0.2) is 110 Å². The van der Waals surface area contributed by atoms with Gasteiger partial charge in [0.2, 0.25) is 0 Å². The molecule has 4 rings (SSSR count). The van der Waals surface area contributed by atoms with Crippen molar-refractivity contribution in [3.05, 3.63) is 111 Å². The quantitative estimate of drug-likeness (QED) is 0.0386. The van der Waals surface area contributed by atoms with Crippen LogP contribution < -0.4 is 5.43 Å². The van der Waals surface area contributed by atoms with Crippen LogP contribution in [0.25, 0.3) is 12.2 Å². The smallest absolute Gasteiger partial charge is 0.282 e. The van der Waals surface area contributed by atoms with E-state index in [1.165, 1.54) is 48.5 Å². The summed E-state index contributed by atoms with van der Waals surface area (Å²) in [6, 6.07) is 16.5. The number of benzene rings is 4. The number of rotatable bonds is 11. The molecule has 4 aromatic carbocycles. The van der Waals surface area contributed by atoms with Gasteiger partial charge in [0.15, 0.2) is 4.87 Å². The fourth-order valence-corrected chi connectivity index (χ4v) is 5.67. The Hall–Kier alpha value is -5.25. The molecule has 0 aliphatic carbocycles.